The van der Waals surface area contributed by atoms with Crippen LogP contribution in [0.15, 0.2) is 66.3 Å². The minimum absolute atomic E-state index is 0.386. The monoisotopic (exact) mass is 365 g/mol. The molecule has 0 aliphatic heterocycles. The van der Waals surface area contributed by atoms with Crippen molar-refractivity contribution in [3.8, 4) is 5.75 Å². The Bertz CT molecular complexity index is 871. The topological polar surface area (TPSA) is 39.9 Å². The highest BCUT2D eigenvalue weighted by atomic mass is 32.2. The molecule has 0 spiro atoms. The standard InChI is InChI=1S/C21H23N3OS/c1-4-13-24-20(14-25-19-8-6-5-7-17(19)3)22-23-21(24)26-15-18-11-9-16(2)10-12-18/h4-12H,1,13-15H2,2-3H3. The molecule has 5 heteroatoms. The maximum Gasteiger partial charge on any atom is 0.191 e. The maximum absolute atomic E-state index is 5.93. The molecule has 0 atom stereocenters. The highest BCUT2D eigenvalue weighted by molar-refractivity contribution is 7.98. The van der Waals surface area contributed by atoms with Crippen molar-refractivity contribution in [1.29, 1.82) is 0 Å². The van der Waals surface area contributed by atoms with Crippen molar-refractivity contribution in [2.75, 3.05) is 0 Å². The van der Waals surface area contributed by atoms with Crippen molar-refractivity contribution in [3.05, 3.63) is 83.7 Å². The molecule has 0 aliphatic rings. The van der Waals surface area contributed by atoms with Crippen molar-refractivity contribution in [2.45, 2.75) is 37.9 Å². The molecule has 0 N–H and O–H groups in total. The third-order valence-electron chi connectivity index (χ3n) is 4.04. The van der Waals surface area contributed by atoms with E-state index in [0.29, 0.717) is 13.2 Å². The first-order valence-corrected chi connectivity index (χ1v) is 9.55. The van der Waals surface area contributed by atoms with Gasteiger partial charge in [0, 0.05) is 12.3 Å². The molecular formula is C21H23N3OS. The lowest BCUT2D eigenvalue weighted by atomic mass is 10.2. The lowest BCUT2D eigenvalue weighted by Gasteiger charge is -2.10. The van der Waals surface area contributed by atoms with Gasteiger partial charge in [0.2, 0.25) is 0 Å². The maximum atomic E-state index is 5.93. The quantitative estimate of drug-likeness (QED) is 0.418. The average Bonchev–Trinajstić information content (AvgIpc) is 3.03. The Morgan fingerprint density at radius 2 is 1.85 bits per heavy atom. The number of thioether (sulfide) groups is 1. The molecule has 0 unspecified atom stereocenters. The number of ether oxygens (including phenoxy) is 1. The fourth-order valence-corrected chi connectivity index (χ4v) is 3.46. The fraction of sp³-hybridized carbons (Fsp3) is 0.238. The Labute approximate surface area is 158 Å². The van der Waals surface area contributed by atoms with Gasteiger partial charge in [-0.1, -0.05) is 65.9 Å². The molecule has 2 aromatic carbocycles. The van der Waals surface area contributed by atoms with Crippen molar-refractivity contribution < 1.29 is 4.74 Å². The van der Waals surface area contributed by atoms with Crippen LogP contribution in [0.1, 0.15) is 22.5 Å². The Balaban J connectivity index is 1.70. The SMILES string of the molecule is C=CCn1c(COc2ccccc2C)nnc1SCc1ccc(C)cc1. The van der Waals surface area contributed by atoms with Crippen LogP contribution in [0, 0.1) is 13.8 Å². The number of rotatable bonds is 8. The van der Waals surface area contributed by atoms with Gasteiger partial charge in [-0.15, -0.1) is 16.8 Å². The molecule has 3 aromatic rings. The summed E-state index contributed by atoms with van der Waals surface area (Å²) in [5, 5.41) is 9.56. The fourth-order valence-electron chi connectivity index (χ4n) is 2.54. The number of hydrogen-bond acceptors (Lipinski definition) is 4. The number of benzene rings is 2. The van der Waals surface area contributed by atoms with E-state index in [0.717, 1.165) is 28.0 Å². The van der Waals surface area contributed by atoms with Gasteiger partial charge < -0.3 is 4.74 Å². The van der Waals surface area contributed by atoms with Crippen LogP contribution in [-0.4, -0.2) is 14.8 Å². The van der Waals surface area contributed by atoms with Crippen LogP contribution in [0.4, 0.5) is 0 Å². The second-order valence-corrected chi connectivity index (χ2v) is 7.07. The minimum Gasteiger partial charge on any atom is -0.485 e. The first kappa shape index (κ1) is 18.3. The van der Waals surface area contributed by atoms with Gasteiger partial charge in [-0.2, -0.15) is 0 Å². The molecule has 0 aliphatic carbocycles. The summed E-state index contributed by atoms with van der Waals surface area (Å²) in [7, 11) is 0. The van der Waals surface area contributed by atoms with Crippen LogP contribution in [0.3, 0.4) is 0 Å². The summed E-state index contributed by atoms with van der Waals surface area (Å²) in [5.74, 6) is 2.53. The minimum atomic E-state index is 0.386. The van der Waals surface area contributed by atoms with Gasteiger partial charge in [-0.3, -0.25) is 4.57 Å². The van der Waals surface area contributed by atoms with Crippen LogP contribution in [0.5, 0.6) is 5.75 Å². The van der Waals surface area contributed by atoms with Crippen molar-refractivity contribution in [3.63, 3.8) is 0 Å². The summed E-state index contributed by atoms with van der Waals surface area (Å²) in [6.45, 7) is 9.03. The van der Waals surface area contributed by atoms with Gasteiger partial charge in [0.25, 0.3) is 0 Å². The van der Waals surface area contributed by atoms with E-state index in [-0.39, 0.29) is 0 Å². The van der Waals surface area contributed by atoms with Gasteiger partial charge in [0.15, 0.2) is 11.0 Å². The predicted octanol–water partition coefficient (Wildman–Crippen LogP) is 4.95. The summed E-state index contributed by atoms with van der Waals surface area (Å²) in [6.07, 6.45) is 1.86. The highest BCUT2D eigenvalue weighted by Crippen LogP contribution is 2.23. The van der Waals surface area contributed by atoms with Gasteiger partial charge >= 0.3 is 0 Å². The van der Waals surface area contributed by atoms with E-state index >= 15 is 0 Å². The zero-order valence-corrected chi connectivity index (χ0v) is 16.0. The van der Waals surface area contributed by atoms with E-state index in [1.807, 2.05) is 37.3 Å². The molecular weight excluding hydrogens is 342 g/mol. The molecule has 1 heterocycles. The molecule has 26 heavy (non-hydrogen) atoms. The molecule has 134 valence electrons. The lowest BCUT2D eigenvalue weighted by molar-refractivity contribution is 0.287. The predicted molar refractivity (Wildman–Crippen MR) is 106 cm³/mol. The molecule has 0 bridgehead atoms. The van der Waals surface area contributed by atoms with Crippen LogP contribution in [0.2, 0.25) is 0 Å². The normalized spacial score (nSPS) is 10.7. The van der Waals surface area contributed by atoms with Crippen molar-refractivity contribution >= 4 is 11.8 Å². The summed E-state index contributed by atoms with van der Waals surface area (Å²) >= 11 is 1.68. The smallest absolute Gasteiger partial charge is 0.191 e. The first-order valence-electron chi connectivity index (χ1n) is 8.57. The van der Waals surface area contributed by atoms with E-state index in [1.54, 1.807) is 11.8 Å². The number of hydrogen-bond donors (Lipinski definition) is 0. The Kier molecular flexibility index (Phi) is 6.12. The van der Waals surface area contributed by atoms with Gasteiger partial charge in [0.1, 0.15) is 12.4 Å². The average molecular weight is 366 g/mol. The van der Waals surface area contributed by atoms with Crippen molar-refractivity contribution in [2.24, 2.45) is 0 Å². The summed E-state index contributed by atoms with van der Waals surface area (Å²) in [6, 6.07) is 16.5. The molecule has 3 rings (SSSR count). The molecule has 0 fully saturated rings. The van der Waals surface area contributed by atoms with E-state index in [4.69, 9.17) is 4.74 Å². The zero-order chi connectivity index (χ0) is 18.4. The van der Waals surface area contributed by atoms with Crippen LogP contribution in [-0.2, 0) is 18.9 Å². The Hall–Kier alpha value is -2.53. The third kappa shape index (κ3) is 4.55. The van der Waals surface area contributed by atoms with Gasteiger partial charge in [0.05, 0.1) is 0 Å². The van der Waals surface area contributed by atoms with Crippen LogP contribution >= 0.6 is 11.8 Å². The number of aromatic nitrogens is 3. The Morgan fingerprint density at radius 1 is 1.08 bits per heavy atom. The second-order valence-electron chi connectivity index (χ2n) is 6.13. The third-order valence-corrected chi connectivity index (χ3v) is 5.08. The summed E-state index contributed by atoms with van der Waals surface area (Å²) < 4.78 is 7.99. The molecule has 0 amide bonds. The first-order chi connectivity index (χ1) is 12.7. The molecule has 0 saturated carbocycles. The number of nitrogens with zero attached hydrogens (tertiary/aromatic N) is 3. The molecule has 0 saturated heterocycles. The van der Waals surface area contributed by atoms with E-state index in [2.05, 4.69) is 52.5 Å². The van der Waals surface area contributed by atoms with Crippen molar-refractivity contribution in [1.82, 2.24) is 14.8 Å². The van der Waals surface area contributed by atoms with Crippen LogP contribution < -0.4 is 4.74 Å². The number of allylic oxidation sites excluding steroid dienone is 1. The van der Waals surface area contributed by atoms with E-state index < -0.39 is 0 Å². The highest BCUT2D eigenvalue weighted by Gasteiger charge is 2.13. The largest absolute Gasteiger partial charge is 0.485 e. The van der Waals surface area contributed by atoms with Gasteiger partial charge in [-0.25, -0.2) is 0 Å². The van der Waals surface area contributed by atoms with E-state index in [9.17, 15) is 0 Å². The summed E-state index contributed by atoms with van der Waals surface area (Å²) in [4.78, 5) is 0. The number of aryl methyl sites for hydroxylation is 2. The number of para-hydroxylation sites is 1. The molecule has 1 aromatic heterocycles. The lowest BCUT2D eigenvalue weighted by Crippen LogP contribution is -2.08. The summed E-state index contributed by atoms with van der Waals surface area (Å²) in [5.41, 5.74) is 3.65. The zero-order valence-electron chi connectivity index (χ0n) is 15.2. The van der Waals surface area contributed by atoms with E-state index in [1.165, 1.54) is 11.1 Å². The molecule has 0 radical (unpaired) electrons. The van der Waals surface area contributed by atoms with Gasteiger partial charge in [-0.05, 0) is 31.0 Å². The Morgan fingerprint density at radius 3 is 2.58 bits per heavy atom. The second kappa shape index (κ2) is 8.72. The molecule has 4 nitrogen and oxygen atoms in total. The van der Waals surface area contributed by atoms with Crippen LogP contribution in [0.25, 0.3) is 0 Å².